The highest BCUT2D eigenvalue weighted by molar-refractivity contribution is 6.52. The first-order valence-electron chi connectivity index (χ1n) is 10.2. The summed E-state index contributed by atoms with van der Waals surface area (Å²) in [6.07, 6.45) is 2.74. The van der Waals surface area contributed by atoms with Crippen molar-refractivity contribution in [2.75, 3.05) is 0 Å². The highest BCUT2D eigenvalue weighted by Gasteiger charge is 2.31. The summed E-state index contributed by atoms with van der Waals surface area (Å²) < 4.78 is 0. The van der Waals surface area contributed by atoms with E-state index in [0.717, 1.165) is 16.7 Å². The van der Waals surface area contributed by atoms with Gasteiger partial charge in [0.05, 0.1) is 0 Å². The van der Waals surface area contributed by atoms with E-state index in [1.807, 2.05) is 80.5 Å². The standard InChI is InChI=1S/C20H24O3.2C2H6/c1-11(2)16-10-14-7-6-13(5)15(8-9-17(21)12(3)4)18(14)20(23)19(16)22;2*1-2/h6-7,10-12H,8-9H2,1-5H3;2*1-2H3. The van der Waals surface area contributed by atoms with Gasteiger partial charge >= 0.3 is 0 Å². The molecule has 2 rings (SSSR count). The Morgan fingerprint density at radius 2 is 1.48 bits per heavy atom. The number of allylic oxidation sites excluding steroid dienone is 1. The van der Waals surface area contributed by atoms with Gasteiger partial charge in [-0.25, -0.2) is 0 Å². The van der Waals surface area contributed by atoms with Gasteiger partial charge in [-0.15, -0.1) is 0 Å². The quantitative estimate of drug-likeness (QED) is 0.595. The van der Waals surface area contributed by atoms with E-state index in [2.05, 4.69) is 0 Å². The second-order valence-electron chi connectivity index (χ2n) is 6.86. The molecular weight excluding hydrogens is 336 g/mol. The highest BCUT2D eigenvalue weighted by Crippen LogP contribution is 2.30. The number of carbonyl (C=O) groups excluding carboxylic acids is 3. The van der Waals surface area contributed by atoms with Crippen molar-refractivity contribution in [2.24, 2.45) is 11.8 Å². The number of aryl methyl sites for hydroxylation is 1. The van der Waals surface area contributed by atoms with E-state index in [4.69, 9.17) is 0 Å². The zero-order valence-corrected chi connectivity index (χ0v) is 18.5. The van der Waals surface area contributed by atoms with Gasteiger partial charge in [0, 0.05) is 23.5 Å². The predicted molar refractivity (Wildman–Crippen MR) is 114 cm³/mol. The van der Waals surface area contributed by atoms with Gasteiger partial charge in [-0.1, -0.05) is 67.5 Å². The Bertz CT molecular complexity index is 707. The summed E-state index contributed by atoms with van der Waals surface area (Å²) in [4.78, 5) is 36.9. The maximum Gasteiger partial charge on any atom is 0.234 e. The maximum absolute atomic E-state index is 12.6. The van der Waals surface area contributed by atoms with E-state index in [1.54, 1.807) is 0 Å². The first kappa shape index (κ1) is 25.0. The van der Waals surface area contributed by atoms with Crippen molar-refractivity contribution < 1.29 is 14.4 Å². The number of rotatable bonds is 5. The Kier molecular flexibility index (Phi) is 10.8. The Balaban J connectivity index is 0.00000158. The van der Waals surface area contributed by atoms with Crippen LogP contribution in [0.25, 0.3) is 6.08 Å². The van der Waals surface area contributed by atoms with Crippen LogP contribution in [0.5, 0.6) is 0 Å². The van der Waals surface area contributed by atoms with E-state index < -0.39 is 11.6 Å². The van der Waals surface area contributed by atoms with Gasteiger partial charge in [0.1, 0.15) is 5.78 Å². The topological polar surface area (TPSA) is 51.2 Å². The zero-order valence-electron chi connectivity index (χ0n) is 18.5. The average Bonchev–Trinajstić information content (AvgIpc) is 2.66. The van der Waals surface area contributed by atoms with Gasteiger partial charge < -0.3 is 0 Å². The van der Waals surface area contributed by atoms with Gasteiger partial charge in [0.2, 0.25) is 11.6 Å². The van der Waals surface area contributed by atoms with Crippen LogP contribution in [0.15, 0.2) is 17.7 Å². The van der Waals surface area contributed by atoms with Crippen molar-refractivity contribution in [2.45, 2.75) is 75.2 Å². The molecule has 0 radical (unpaired) electrons. The number of hydrogen-bond acceptors (Lipinski definition) is 3. The normalized spacial score (nSPS) is 12.6. The molecule has 0 unspecified atom stereocenters. The first-order valence-corrected chi connectivity index (χ1v) is 10.2. The van der Waals surface area contributed by atoms with Crippen molar-refractivity contribution in [3.63, 3.8) is 0 Å². The number of benzene rings is 1. The van der Waals surface area contributed by atoms with Gasteiger partial charge in [-0.2, -0.15) is 0 Å². The molecule has 3 heteroatoms. The molecule has 1 aromatic carbocycles. The van der Waals surface area contributed by atoms with E-state index in [1.165, 1.54) is 0 Å². The smallest absolute Gasteiger partial charge is 0.234 e. The fourth-order valence-corrected chi connectivity index (χ4v) is 2.92. The first-order chi connectivity index (χ1) is 12.7. The van der Waals surface area contributed by atoms with Crippen LogP contribution in [0.1, 0.15) is 88.9 Å². The van der Waals surface area contributed by atoms with Crippen LogP contribution in [0.3, 0.4) is 0 Å². The van der Waals surface area contributed by atoms with Gasteiger partial charge in [-0.05, 0) is 42.0 Å². The Labute approximate surface area is 165 Å². The molecule has 1 aromatic rings. The number of carbonyl (C=O) groups is 3. The summed E-state index contributed by atoms with van der Waals surface area (Å²) in [5.41, 5.74) is 3.67. The van der Waals surface area contributed by atoms with E-state index in [9.17, 15) is 14.4 Å². The van der Waals surface area contributed by atoms with Gasteiger partial charge in [-0.3, -0.25) is 14.4 Å². The average molecular weight is 373 g/mol. The zero-order chi connectivity index (χ0) is 21.3. The molecule has 0 atom stereocenters. The summed E-state index contributed by atoms with van der Waals surface area (Å²) >= 11 is 0. The Hall–Kier alpha value is -2.03. The van der Waals surface area contributed by atoms with Crippen molar-refractivity contribution in [3.05, 3.63) is 40.0 Å². The monoisotopic (exact) mass is 372 g/mol. The van der Waals surface area contributed by atoms with Crippen LogP contribution >= 0.6 is 0 Å². The van der Waals surface area contributed by atoms with Crippen LogP contribution in [0, 0.1) is 18.8 Å². The summed E-state index contributed by atoms with van der Waals surface area (Å²) in [5.74, 6) is -0.655. The molecule has 3 nitrogen and oxygen atoms in total. The molecule has 0 saturated heterocycles. The van der Waals surface area contributed by atoms with Crippen LogP contribution < -0.4 is 0 Å². The third kappa shape index (κ3) is 5.98. The third-order valence-corrected chi connectivity index (χ3v) is 4.47. The lowest BCUT2D eigenvalue weighted by atomic mass is 9.80. The predicted octanol–water partition coefficient (Wildman–Crippen LogP) is 6.01. The minimum atomic E-state index is -0.429. The summed E-state index contributed by atoms with van der Waals surface area (Å²) in [6.45, 7) is 17.5. The molecule has 0 aromatic heterocycles. The molecule has 1 aliphatic rings. The molecule has 0 bridgehead atoms. The fourth-order valence-electron chi connectivity index (χ4n) is 2.92. The van der Waals surface area contributed by atoms with Crippen molar-refractivity contribution in [1.82, 2.24) is 0 Å². The molecule has 0 amide bonds. The van der Waals surface area contributed by atoms with Gasteiger partial charge in [0.15, 0.2) is 0 Å². The SMILES string of the molecule is CC.CC.Cc1ccc2c(c1CCC(=O)C(C)C)C(=O)C(=O)C(C(C)C)=C2. The number of hydrogen-bond donors (Lipinski definition) is 0. The van der Waals surface area contributed by atoms with Gasteiger partial charge in [0.25, 0.3) is 0 Å². The van der Waals surface area contributed by atoms with E-state index in [-0.39, 0.29) is 17.6 Å². The maximum atomic E-state index is 12.6. The van der Waals surface area contributed by atoms with Crippen molar-refractivity contribution >= 4 is 23.4 Å². The minimum Gasteiger partial charge on any atom is -0.299 e. The second-order valence-corrected chi connectivity index (χ2v) is 6.86. The van der Waals surface area contributed by atoms with Crippen LogP contribution in [0.4, 0.5) is 0 Å². The molecule has 0 fully saturated rings. The van der Waals surface area contributed by atoms with E-state index >= 15 is 0 Å². The fraction of sp³-hybridized carbons (Fsp3) is 0.542. The number of fused-ring (bicyclic) bond motifs is 1. The Morgan fingerprint density at radius 1 is 0.926 bits per heavy atom. The molecule has 0 saturated carbocycles. The van der Waals surface area contributed by atoms with E-state index in [0.29, 0.717) is 24.0 Å². The Morgan fingerprint density at radius 3 is 1.96 bits per heavy atom. The van der Waals surface area contributed by atoms with Crippen molar-refractivity contribution in [1.29, 1.82) is 0 Å². The molecule has 0 spiro atoms. The number of Topliss-reactive ketones (excluding diaryl/α,β-unsaturated/α-hetero) is 3. The molecule has 0 N–H and O–H groups in total. The lowest BCUT2D eigenvalue weighted by Gasteiger charge is -2.21. The highest BCUT2D eigenvalue weighted by atomic mass is 16.2. The largest absolute Gasteiger partial charge is 0.299 e. The summed E-state index contributed by atoms with van der Waals surface area (Å²) in [6, 6.07) is 3.86. The van der Waals surface area contributed by atoms with Crippen LogP contribution in [0.2, 0.25) is 0 Å². The second kappa shape index (κ2) is 11.6. The summed E-state index contributed by atoms with van der Waals surface area (Å²) in [7, 11) is 0. The third-order valence-electron chi connectivity index (χ3n) is 4.47. The van der Waals surface area contributed by atoms with Crippen molar-refractivity contribution in [3.8, 4) is 0 Å². The number of ketones is 3. The molecule has 150 valence electrons. The molecular formula is C24H36O3. The van der Waals surface area contributed by atoms with Crippen LogP contribution in [-0.2, 0) is 16.0 Å². The molecule has 1 aliphatic carbocycles. The summed E-state index contributed by atoms with van der Waals surface area (Å²) in [5, 5.41) is 0. The minimum absolute atomic E-state index is 0.0142. The molecule has 27 heavy (non-hydrogen) atoms. The molecule has 0 heterocycles. The lowest BCUT2D eigenvalue weighted by Crippen LogP contribution is -2.26. The lowest BCUT2D eigenvalue weighted by molar-refractivity contribution is -0.121. The van der Waals surface area contributed by atoms with Crippen LogP contribution in [-0.4, -0.2) is 17.3 Å². The molecule has 0 aliphatic heterocycles.